The lowest BCUT2D eigenvalue weighted by atomic mass is 10.4. The Morgan fingerprint density at radius 1 is 1.43 bits per heavy atom. The van der Waals surface area contributed by atoms with E-state index in [0.29, 0.717) is 5.02 Å². The maximum absolute atomic E-state index is 5.84. The zero-order valence-electron chi connectivity index (χ0n) is 7.36. The Bertz CT molecular complexity index is 442. The largest absolute Gasteiger partial charge is 0.363 e. The van der Waals surface area contributed by atoms with Gasteiger partial charge in [0.25, 0.3) is 0 Å². The SMILES string of the molecule is CNc1nnc(-c2cc(Cl)ccn2)s1. The van der Waals surface area contributed by atoms with E-state index in [2.05, 4.69) is 20.5 Å². The molecule has 0 aliphatic heterocycles. The van der Waals surface area contributed by atoms with Crippen molar-refractivity contribution in [2.24, 2.45) is 0 Å². The summed E-state index contributed by atoms with van der Waals surface area (Å²) >= 11 is 7.28. The van der Waals surface area contributed by atoms with Gasteiger partial charge in [-0.05, 0) is 12.1 Å². The third kappa shape index (κ3) is 1.83. The summed E-state index contributed by atoms with van der Waals surface area (Å²) in [5.41, 5.74) is 0.747. The fourth-order valence-electron chi connectivity index (χ4n) is 0.949. The predicted octanol–water partition coefficient (Wildman–Crippen LogP) is 2.30. The van der Waals surface area contributed by atoms with Crippen LogP contribution in [0.5, 0.6) is 0 Å². The van der Waals surface area contributed by atoms with E-state index in [1.54, 1.807) is 25.4 Å². The zero-order chi connectivity index (χ0) is 9.97. The molecule has 72 valence electrons. The van der Waals surface area contributed by atoms with Crippen LogP contribution in [0.25, 0.3) is 10.7 Å². The van der Waals surface area contributed by atoms with Crippen molar-refractivity contribution in [3.05, 3.63) is 23.4 Å². The van der Waals surface area contributed by atoms with E-state index in [0.717, 1.165) is 15.8 Å². The lowest BCUT2D eigenvalue weighted by molar-refractivity contribution is 1.08. The van der Waals surface area contributed by atoms with Gasteiger partial charge in [-0.3, -0.25) is 4.98 Å². The first-order valence-electron chi connectivity index (χ1n) is 3.93. The molecule has 4 nitrogen and oxygen atoms in total. The van der Waals surface area contributed by atoms with Crippen LogP contribution in [0.4, 0.5) is 5.13 Å². The molecule has 0 aromatic carbocycles. The van der Waals surface area contributed by atoms with Crippen LogP contribution in [-0.2, 0) is 0 Å². The van der Waals surface area contributed by atoms with Gasteiger partial charge in [-0.25, -0.2) is 0 Å². The van der Waals surface area contributed by atoms with E-state index in [1.807, 2.05) is 0 Å². The molecule has 2 aromatic heterocycles. The number of pyridine rings is 1. The molecule has 0 saturated carbocycles. The van der Waals surface area contributed by atoms with E-state index in [1.165, 1.54) is 11.3 Å². The van der Waals surface area contributed by atoms with Crippen LogP contribution in [0.1, 0.15) is 0 Å². The van der Waals surface area contributed by atoms with Crippen molar-refractivity contribution in [1.29, 1.82) is 0 Å². The molecule has 2 rings (SSSR count). The van der Waals surface area contributed by atoms with Crippen LogP contribution in [0.2, 0.25) is 5.02 Å². The standard InChI is InChI=1S/C8H7ClN4S/c1-10-8-13-12-7(14-8)6-4-5(9)2-3-11-6/h2-4H,1H3,(H,10,13). The van der Waals surface area contributed by atoms with Gasteiger partial charge in [-0.15, -0.1) is 10.2 Å². The molecule has 0 aliphatic carbocycles. The molecule has 0 saturated heterocycles. The van der Waals surface area contributed by atoms with Gasteiger partial charge < -0.3 is 5.32 Å². The molecule has 0 spiro atoms. The van der Waals surface area contributed by atoms with Crippen LogP contribution in [0, 0.1) is 0 Å². The molecular weight excluding hydrogens is 220 g/mol. The van der Waals surface area contributed by atoms with Crippen molar-refractivity contribution < 1.29 is 0 Å². The normalized spacial score (nSPS) is 10.1. The van der Waals surface area contributed by atoms with E-state index < -0.39 is 0 Å². The fraction of sp³-hybridized carbons (Fsp3) is 0.125. The summed E-state index contributed by atoms with van der Waals surface area (Å²) in [7, 11) is 1.80. The molecule has 0 fully saturated rings. The highest BCUT2D eigenvalue weighted by Crippen LogP contribution is 2.25. The van der Waals surface area contributed by atoms with Crippen LogP contribution in [-0.4, -0.2) is 22.2 Å². The van der Waals surface area contributed by atoms with E-state index in [4.69, 9.17) is 11.6 Å². The number of halogens is 1. The third-order valence-corrected chi connectivity index (χ3v) is 2.78. The molecule has 0 radical (unpaired) electrons. The first kappa shape index (κ1) is 9.36. The molecule has 6 heteroatoms. The lowest BCUT2D eigenvalue weighted by Crippen LogP contribution is -1.84. The summed E-state index contributed by atoms with van der Waals surface area (Å²) in [4.78, 5) is 4.15. The van der Waals surface area contributed by atoms with Crippen molar-refractivity contribution in [2.75, 3.05) is 12.4 Å². The topological polar surface area (TPSA) is 50.7 Å². The van der Waals surface area contributed by atoms with Crippen molar-refractivity contribution in [2.45, 2.75) is 0 Å². The van der Waals surface area contributed by atoms with Gasteiger partial charge >= 0.3 is 0 Å². The molecule has 14 heavy (non-hydrogen) atoms. The van der Waals surface area contributed by atoms with Gasteiger partial charge in [0.05, 0.1) is 0 Å². The second-order valence-corrected chi connectivity index (χ2v) is 3.94. The molecule has 0 bridgehead atoms. The summed E-state index contributed by atoms with van der Waals surface area (Å²) in [5.74, 6) is 0. The minimum absolute atomic E-state index is 0.649. The van der Waals surface area contributed by atoms with Gasteiger partial charge in [0.1, 0.15) is 5.69 Å². The number of hydrogen-bond donors (Lipinski definition) is 1. The molecule has 2 aromatic rings. The minimum atomic E-state index is 0.649. The Labute approximate surface area is 90.0 Å². The number of rotatable bonds is 2. The molecule has 0 atom stereocenters. The van der Waals surface area contributed by atoms with Gasteiger partial charge in [-0.2, -0.15) is 0 Å². The molecule has 0 aliphatic rings. The predicted molar refractivity (Wildman–Crippen MR) is 57.7 cm³/mol. The van der Waals surface area contributed by atoms with Crippen LogP contribution in [0.3, 0.4) is 0 Å². The smallest absolute Gasteiger partial charge is 0.205 e. The van der Waals surface area contributed by atoms with Crippen LogP contribution < -0.4 is 5.32 Å². The quantitative estimate of drug-likeness (QED) is 0.854. The maximum Gasteiger partial charge on any atom is 0.205 e. The average molecular weight is 227 g/mol. The van der Waals surface area contributed by atoms with E-state index >= 15 is 0 Å². The molecule has 0 amide bonds. The summed E-state index contributed by atoms with van der Waals surface area (Å²) < 4.78 is 0. The summed E-state index contributed by atoms with van der Waals surface area (Å²) in [5, 5.41) is 13.0. The van der Waals surface area contributed by atoms with Gasteiger partial charge in [0, 0.05) is 18.3 Å². The Balaban J connectivity index is 2.39. The van der Waals surface area contributed by atoms with E-state index in [9.17, 15) is 0 Å². The Kier molecular flexibility index (Phi) is 2.60. The number of nitrogens with zero attached hydrogens (tertiary/aromatic N) is 3. The van der Waals surface area contributed by atoms with Gasteiger partial charge in [0.15, 0.2) is 5.01 Å². The second-order valence-electron chi connectivity index (χ2n) is 2.52. The van der Waals surface area contributed by atoms with Crippen molar-refractivity contribution in [3.8, 4) is 10.7 Å². The fourth-order valence-corrected chi connectivity index (χ4v) is 1.77. The van der Waals surface area contributed by atoms with E-state index in [-0.39, 0.29) is 0 Å². The Hall–Kier alpha value is -1.20. The third-order valence-electron chi connectivity index (χ3n) is 1.58. The number of nitrogens with one attached hydrogen (secondary N) is 1. The van der Waals surface area contributed by atoms with Crippen molar-refractivity contribution >= 4 is 28.1 Å². The summed E-state index contributed by atoms with van der Waals surface area (Å²) in [6, 6.07) is 3.49. The first-order valence-corrected chi connectivity index (χ1v) is 5.12. The first-order chi connectivity index (χ1) is 6.79. The van der Waals surface area contributed by atoms with Crippen LogP contribution in [0.15, 0.2) is 18.3 Å². The highest BCUT2D eigenvalue weighted by Gasteiger charge is 2.06. The second kappa shape index (κ2) is 3.89. The van der Waals surface area contributed by atoms with Gasteiger partial charge in [0.2, 0.25) is 5.13 Å². The van der Waals surface area contributed by atoms with Crippen molar-refractivity contribution in [1.82, 2.24) is 15.2 Å². The van der Waals surface area contributed by atoms with Crippen LogP contribution >= 0.6 is 22.9 Å². The zero-order valence-corrected chi connectivity index (χ0v) is 8.93. The Morgan fingerprint density at radius 3 is 2.93 bits per heavy atom. The molecule has 0 unspecified atom stereocenters. The maximum atomic E-state index is 5.84. The molecular formula is C8H7ClN4S. The number of aromatic nitrogens is 3. The van der Waals surface area contributed by atoms with Gasteiger partial charge in [-0.1, -0.05) is 22.9 Å². The number of anilines is 1. The Morgan fingerprint density at radius 2 is 2.29 bits per heavy atom. The highest BCUT2D eigenvalue weighted by atomic mass is 35.5. The minimum Gasteiger partial charge on any atom is -0.363 e. The summed E-state index contributed by atoms with van der Waals surface area (Å²) in [6.45, 7) is 0. The molecule has 2 heterocycles. The average Bonchev–Trinajstić information content (AvgIpc) is 2.66. The monoisotopic (exact) mass is 226 g/mol. The lowest BCUT2D eigenvalue weighted by Gasteiger charge is -1.93. The highest BCUT2D eigenvalue weighted by molar-refractivity contribution is 7.18. The molecule has 1 N–H and O–H groups in total. The summed E-state index contributed by atoms with van der Waals surface area (Å²) in [6.07, 6.45) is 1.65. The van der Waals surface area contributed by atoms with Crippen molar-refractivity contribution in [3.63, 3.8) is 0 Å². The number of hydrogen-bond acceptors (Lipinski definition) is 5.